The number of aromatic hydroxyl groups is 1. The van der Waals surface area contributed by atoms with Gasteiger partial charge in [0.05, 0.1) is 11.6 Å². The molecule has 0 radical (unpaired) electrons. The van der Waals surface area contributed by atoms with Crippen molar-refractivity contribution in [1.29, 1.82) is 0 Å². The molecule has 1 aliphatic heterocycles. The van der Waals surface area contributed by atoms with E-state index in [1.165, 1.54) is 19.3 Å². The van der Waals surface area contributed by atoms with Crippen molar-refractivity contribution in [2.45, 2.75) is 57.2 Å². The fourth-order valence-electron chi connectivity index (χ4n) is 8.22. The Hall–Kier alpha value is -3.21. The topological polar surface area (TPSA) is 142 Å². The van der Waals surface area contributed by atoms with Gasteiger partial charge in [-0.1, -0.05) is 6.42 Å². The monoisotopic (exact) mass is 565 g/mol. The van der Waals surface area contributed by atoms with E-state index in [1.54, 1.807) is 19.0 Å². The molecule has 0 bridgehead atoms. The summed E-state index contributed by atoms with van der Waals surface area (Å²) in [6, 6.07) is 0.998. The van der Waals surface area contributed by atoms with Crippen LogP contribution >= 0.6 is 0 Å². The van der Waals surface area contributed by atoms with E-state index in [4.69, 9.17) is 0 Å². The molecule has 10 heteroatoms. The summed E-state index contributed by atoms with van der Waals surface area (Å²) in [4.78, 5) is 45.9. The van der Waals surface area contributed by atoms with Gasteiger partial charge in [-0.25, -0.2) is 0 Å². The first kappa shape index (κ1) is 27.9. The van der Waals surface area contributed by atoms with Crippen molar-refractivity contribution in [2.75, 3.05) is 46.2 Å². The summed E-state index contributed by atoms with van der Waals surface area (Å²) < 4.78 is 0. The van der Waals surface area contributed by atoms with E-state index in [0.717, 1.165) is 25.7 Å². The highest BCUT2D eigenvalue weighted by atomic mass is 16.3. The number of benzene rings is 1. The third-order valence-electron chi connectivity index (χ3n) is 10.3. The van der Waals surface area contributed by atoms with E-state index in [2.05, 4.69) is 4.90 Å². The molecular formula is C31H39N3O7. The van der Waals surface area contributed by atoms with E-state index in [-0.39, 0.29) is 23.3 Å². The van der Waals surface area contributed by atoms with Gasteiger partial charge in [0.25, 0.3) is 0 Å². The van der Waals surface area contributed by atoms with Crippen LogP contribution in [0.25, 0.3) is 0 Å². The van der Waals surface area contributed by atoms with Crippen molar-refractivity contribution < 1.29 is 34.8 Å². The van der Waals surface area contributed by atoms with E-state index in [9.17, 15) is 34.8 Å². The highest BCUT2D eigenvalue weighted by Crippen LogP contribution is 2.54. The van der Waals surface area contributed by atoms with Gasteiger partial charge in [0.2, 0.25) is 5.78 Å². The van der Waals surface area contributed by atoms with Crippen LogP contribution in [0.15, 0.2) is 28.7 Å². The molecule has 41 heavy (non-hydrogen) atoms. The second-order valence-corrected chi connectivity index (χ2v) is 13.3. The largest absolute Gasteiger partial charge is 0.510 e. The second kappa shape index (κ2) is 9.14. The van der Waals surface area contributed by atoms with Crippen LogP contribution in [0.4, 0.5) is 5.69 Å². The Labute approximate surface area is 239 Å². The van der Waals surface area contributed by atoms with Gasteiger partial charge < -0.3 is 25.3 Å². The normalized spacial score (nSPS) is 30.6. The van der Waals surface area contributed by atoms with E-state index >= 15 is 0 Å². The SMILES string of the molecule is CC(=O)C1=C(O)[C@@H](N(C)C)[C@@H]2C[C@@H]3Cc4c(N(C)C)cc(CN5CC6(CCC6)C5)c(O)c4C(=O)C3=C(O)[C@]2(O)C1=O. The molecule has 220 valence electrons. The average molecular weight is 566 g/mol. The van der Waals surface area contributed by atoms with Crippen LogP contribution < -0.4 is 4.90 Å². The first-order chi connectivity index (χ1) is 19.2. The number of hydrogen-bond donors (Lipinski definition) is 4. The zero-order valence-corrected chi connectivity index (χ0v) is 24.3. The van der Waals surface area contributed by atoms with Gasteiger partial charge in [-0.3, -0.25) is 24.2 Å². The standard InChI is InChI=1S/C31H39N3O7/c1-15(35)21-27(38)24(33(4)5)19-10-16-9-18-20(32(2)3)11-17(12-34-13-30(14-34)7-6-8-30)25(36)23(18)26(37)22(16)29(40)31(19,41)28(21)39/h11,16,19,24,36,38,40-41H,6-10,12-14H2,1-5H3/t16-,19-,24-,31+/m0/s1. The number of anilines is 1. The Balaban J connectivity index is 1.46. The molecule has 0 unspecified atom stereocenters. The number of phenols is 1. The highest BCUT2D eigenvalue weighted by Gasteiger charge is 2.63. The van der Waals surface area contributed by atoms with Crippen molar-refractivity contribution in [1.82, 2.24) is 9.80 Å². The van der Waals surface area contributed by atoms with Gasteiger partial charge in [-0.2, -0.15) is 0 Å². The number of allylic oxidation sites excluding steroid dienone is 1. The fraction of sp³-hybridized carbons (Fsp3) is 0.581. The molecule has 0 amide bonds. The van der Waals surface area contributed by atoms with Gasteiger partial charge in [0.1, 0.15) is 22.8 Å². The molecule has 1 aromatic rings. The summed E-state index contributed by atoms with van der Waals surface area (Å²) in [6.45, 7) is 3.53. The van der Waals surface area contributed by atoms with Crippen molar-refractivity contribution >= 4 is 23.0 Å². The summed E-state index contributed by atoms with van der Waals surface area (Å²) in [5.74, 6) is -5.41. The second-order valence-electron chi connectivity index (χ2n) is 13.3. The number of fused-ring (bicyclic) bond motifs is 3. The van der Waals surface area contributed by atoms with E-state index in [1.807, 2.05) is 25.1 Å². The number of carbonyl (C=O) groups is 3. The number of rotatable bonds is 5. The van der Waals surface area contributed by atoms with Crippen LogP contribution in [0.5, 0.6) is 5.75 Å². The molecule has 2 fully saturated rings. The Morgan fingerprint density at radius 1 is 1.10 bits per heavy atom. The summed E-state index contributed by atoms with van der Waals surface area (Å²) in [5.41, 5.74) is -0.688. The molecule has 6 rings (SSSR count). The van der Waals surface area contributed by atoms with Crippen LogP contribution in [-0.4, -0.2) is 100 Å². The molecule has 10 nitrogen and oxygen atoms in total. The Morgan fingerprint density at radius 2 is 1.76 bits per heavy atom. The van der Waals surface area contributed by atoms with Gasteiger partial charge in [0.15, 0.2) is 17.2 Å². The summed E-state index contributed by atoms with van der Waals surface area (Å²) in [6.07, 6.45) is 4.11. The lowest BCUT2D eigenvalue weighted by atomic mass is 9.58. The summed E-state index contributed by atoms with van der Waals surface area (Å²) in [5, 5.41) is 45.9. The predicted molar refractivity (Wildman–Crippen MR) is 151 cm³/mol. The van der Waals surface area contributed by atoms with Gasteiger partial charge in [-0.05, 0) is 69.7 Å². The predicted octanol–water partition coefficient (Wildman–Crippen LogP) is 2.28. The van der Waals surface area contributed by atoms with E-state index in [0.29, 0.717) is 29.5 Å². The summed E-state index contributed by atoms with van der Waals surface area (Å²) in [7, 11) is 7.07. The first-order valence-corrected chi connectivity index (χ1v) is 14.3. The minimum atomic E-state index is -2.56. The molecule has 1 aromatic carbocycles. The number of aliphatic hydroxyl groups excluding tert-OH is 2. The van der Waals surface area contributed by atoms with Crippen LogP contribution in [0.2, 0.25) is 0 Å². The Morgan fingerprint density at radius 3 is 2.29 bits per heavy atom. The lowest BCUT2D eigenvalue weighted by Crippen LogP contribution is -2.63. The highest BCUT2D eigenvalue weighted by molar-refractivity contribution is 6.25. The molecule has 1 heterocycles. The van der Waals surface area contributed by atoms with Crippen LogP contribution in [0.1, 0.15) is 54.1 Å². The lowest BCUT2D eigenvalue weighted by molar-refractivity contribution is -0.148. The molecule has 4 aliphatic carbocycles. The fourth-order valence-corrected chi connectivity index (χ4v) is 8.22. The van der Waals surface area contributed by atoms with Crippen LogP contribution in [0, 0.1) is 17.3 Å². The number of ketones is 3. The molecular weight excluding hydrogens is 526 g/mol. The smallest absolute Gasteiger partial charge is 0.209 e. The third kappa shape index (κ3) is 3.76. The van der Waals surface area contributed by atoms with E-state index < -0.39 is 57.9 Å². The number of aliphatic hydroxyl groups is 3. The molecule has 1 saturated carbocycles. The molecule has 4 atom stereocenters. The maximum atomic E-state index is 14.2. The number of phenolic OH excluding ortho intramolecular Hbond substituents is 1. The van der Waals surface area contributed by atoms with Crippen molar-refractivity contribution in [3.8, 4) is 5.75 Å². The quantitative estimate of drug-likeness (QED) is 0.393. The average Bonchev–Trinajstić information content (AvgIpc) is 2.82. The lowest BCUT2D eigenvalue weighted by Gasteiger charge is -2.56. The summed E-state index contributed by atoms with van der Waals surface area (Å²) >= 11 is 0. The molecule has 1 spiro atoms. The molecule has 0 aromatic heterocycles. The Kier molecular flexibility index (Phi) is 6.23. The minimum Gasteiger partial charge on any atom is -0.510 e. The number of carbonyl (C=O) groups excluding carboxylic acids is 3. The number of likely N-dealkylation sites (N-methyl/N-ethyl adjacent to an activating group) is 1. The number of hydrogen-bond acceptors (Lipinski definition) is 10. The number of likely N-dealkylation sites (tertiary alicyclic amines) is 1. The van der Waals surface area contributed by atoms with Crippen LogP contribution in [0.3, 0.4) is 0 Å². The zero-order valence-electron chi connectivity index (χ0n) is 24.3. The van der Waals surface area contributed by atoms with Gasteiger partial charge in [-0.15, -0.1) is 0 Å². The minimum absolute atomic E-state index is 0.0857. The first-order valence-electron chi connectivity index (χ1n) is 14.3. The number of nitrogens with zero attached hydrogens (tertiary/aromatic N) is 3. The number of Topliss-reactive ketones (excluding diaryl/α,β-unsaturated/α-hetero) is 3. The third-order valence-corrected chi connectivity index (χ3v) is 10.3. The maximum absolute atomic E-state index is 14.2. The molecule has 1 saturated heterocycles. The van der Waals surface area contributed by atoms with Gasteiger partial charge in [0, 0.05) is 56.5 Å². The van der Waals surface area contributed by atoms with Crippen molar-refractivity contribution in [3.05, 3.63) is 45.4 Å². The van der Waals surface area contributed by atoms with Gasteiger partial charge >= 0.3 is 0 Å². The maximum Gasteiger partial charge on any atom is 0.209 e. The molecule has 4 N–H and O–H groups in total. The Bertz CT molecular complexity index is 1450. The van der Waals surface area contributed by atoms with Crippen LogP contribution in [-0.2, 0) is 22.6 Å². The van der Waals surface area contributed by atoms with Crippen molar-refractivity contribution in [3.63, 3.8) is 0 Å². The van der Waals surface area contributed by atoms with Crippen molar-refractivity contribution in [2.24, 2.45) is 17.3 Å². The molecule has 5 aliphatic rings. The zero-order chi connectivity index (χ0) is 29.8.